The minimum atomic E-state index is 0.483. The third kappa shape index (κ3) is 1.82. The molecule has 3 rings (SSSR count). The molecule has 0 bridgehead atoms. The van der Waals surface area contributed by atoms with Gasteiger partial charge in [0.1, 0.15) is 0 Å². The quantitative estimate of drug-likeness (QED) is 0.585. The van der Waals surface area contributed by atoms with Gasteiger partial charge in [-0.25, -0.2) is 0 Å². The maximum atomic E-state index is 8.11. The first kappa shape index (κ1) is 7.82. The van der Waals surface area contributed by atoms with Crippen molar-refractivity contribution in [2.45, 2.75) is 0 Å². The van der Waals surface area contributed by atoms with Crippen LogP contribution in [-0.4, -0.2) is 0 Å². The zero-order chi connectivity index (χ0) is 12.5. The fourth-order valence-corrected chi connectivity index (χ4v) is 2.94. The molecule has 3 aromatic rings. The Hall–Kier alpha value is -1.38. The minimum Gasteiger partial charge on any atom is -0.144 e. The van der Waals surface area contributed by atoms with E-state index in [1.807, 2.05) is 35.0 Å². The van der Waals surface area contributed by atoms with Gasteiger partial charge in [0.05, 0.1) is 2.74 Å². The summed E-state index contributed by atoms with van der Waals surface area (Å²) in [6, 6.07) is 12.5. The third-order valence-corrected chi connectivity index (χ3v) is 4.12. The van der Waals surface area contributed by atoms with Crippen LogP contribution in [0.5, 0.6) is 0 Å². The van der Waals surface area contributed by atoms with Gasteiger partial charge in [-0.1, -0.05) is 36.4 Å². The van der Waals surface area contributed by atoms with Gasteiger partial charge in [-0.2, -0.15) is 0 Å². The van der Waals surface area contributed by atoms with Crippen LogP contribution in [-0.2, 0) is 0 Å². The van der Waals surface area contributed by atoms with Crippen LogP contribution in [0.15, 0.2) is 59.2 Å². The summed E-state index contributed by atoms with van der Waals surface area (Å²) in [5.41, 5.74) is 1.69. The van der Waals surface area contributed by atoms with Gasteiger partial charge in [-0.3, -0.25) is 0 Å². The van der Waals surface area contributed by atoms with Gasteiger partial charge in [-0.05, 0) is 34.0 Å². The molecule has 0 aliphatic heterocycles. The Morgan fingerprint density at radius 1 is 0.750 bits per heavy atom. The van der Waals surface area contributed by atoms with Gasteiger partial charge in [0.15, 0.2) is 0 Å². The molecule has 78 valence electrons. The van der Waals surface area contributed by atoms with Crippen molar-refractivity contribution in [3.05, 3.63) is 59.2 Å². The molecule has 0 aliphatic rings. The molecule has 0 atom stereocenters. The monoisotopic (exact) mass is 244 g/mol. The van der Waals surface area contributed by atoms with Gasteiger partial charge >= 0.3 is 0 Å². The standard InChI is InChI=1S/C14H10S2/c1-3-13(15-9-1)11-5-7-12(8-6-11)14-4-2-10-16-14/h1-10H/i5D,8D. The number of thiophene rings is 2. The van der Waals surface area contributed by atoms with Crippen LogP contribution in [0, 0.1) is 0 Å². The summed E-state index contributed by atoms with van der Waals surface area (Å²) >= 11 is 3.20. The summed E-state index contributed by atoms with van der Waals surface area (Å²) in [6.07, 6.45) is 0. The summed E-state index contributed by atoms with van der Waals surface area (Å²) in [4.78, 5) is 2.09. The molecular formula is C14H10S2. The Morgan fingerprint density at radius 3 is 1.62 bits per heavy atom. The van der Waals surface area contributed by atoms with Crippen molar-refractivity contribution in [2.75, 3.05) is 0 Å². The predicted molar refractivity (Wildman–Crippen MR) is 73.1 cm³/mol. The first-order chi connectivity index (χ1) is 8.75. The summed E-state index contributed by atoms with van der Waals surface area (Å²) < 4.78 is 16.2. The molecule has 0 unspecified atom stereocenters. The summed E-state index contributed by atoms with van der Waals surface area (Å²) in [6.45, 7) is 0. The lowest BCUT2D eigenvalue weighted by Gasteiger charge is -2.00. The van der Waals surface area contributed by atoms with Crippen molar-refractivity contribution in [1.29, 1.82) is 0 Å². The molecule has 0 N–H and O–H groups in total. The van der Waals surface area contributed by atoms with Crippen LogP contribution in [0.1, 0.15) is 2.74 Å². The van der Waals surface area contributed by atoms with E-state index in [-0.39, 0.29) is 0 Å². The smallest absolute Gasteiger partial charge is 0.0630 e. The van der Waals surface area contributed by atoms with Crippen molar-refractivity contribution in [3.8, 4) is 20.9 Å². The molecule has 0 aliphatic carbocycles. The Bertz CT molecular complexity index is 595. The van der Waals surface area contributed by atoms with Crippen LogP contribution in [0.2, 0.25) is 0 Å². The largest absolute Gasteiger partial charge is 0.144 e. The zero-order valence-corrected chi connectivity index (χ0v) is 10.1. The summed E-state index contributed by atoms with van der Waals surface area (Å²) in [5, 5.41) is 3.98. The third-order valence-electron chi connectivity index (χ3n) is 2.32. The van der Waals surface area contributed by atoms with E-state index < -0.39 is 0 Å². The highest BCUT2D eigenvalue weighted by Crippen LogP contribution is 2.29. The molecule has 0 saturated heterocycles. The maximum Gasteiger partial charge on any atom is 0.0630 e. The van der Waals surface area contributed by atoms with Gasteiger partial charge in [-0.15, -0.1) is 22.7 Å². The Morgan fingerprint density at radius 2 is 1.25 bits per heavy atom. The average molecular weight is 244 g/mol. The second-order valence-corrected chi connectivity index (χ2v) is 5.25. The number of benzene rings is 1. The second kappa shape index (κ2) is 4.24. The highest BCUT2D eigenvalue weighted by Gasteiger charge is 2.00. The van der Waals surface area contributed by atoms with Crippen LogP contribution in [0.25, 0.3) is 20.9 Å². The molecule has 0 nitrogen and oxygen atoms in total. The molecule has 0 amide bonds. The molecule has 2 heteroatoms. The molecule has 0 fully saturated rings. The number of hydrogen-bond acceptors (Lipinski definition) is 2. The molecule has 0 radical (unpaired) electrons. The van der Waals surface area contributed by atoms with Gasteiger partial charge in [0, 0.05) is 9.75 Å². The summed E-state index contributed by atoms with van der Waals surface area (Å²) in [5.74, 6) is 0. The van der Waals surface area contributed by atoms with E-state index >= 15 is 0 Å². The molecule has 16 heavy (non-hydrogen) atoms. The predicted octanol–water partition coefficient (Wildman–Crippen LogP) is 5.14. The van der Waals surface area contributed by atoms with E-state index in [1.165, 1.54) is 0 Å². The van der Waals surface area contributed by atoms with Crippen molar-refractivity contribution in [3.63, 3.8) is 0 Å². The van der Waals surface area contributed by atoms with E-state index in [2.05, 4.69) is 0 Å². The molecule has 2 aromatic heterocycles. The Labute approximate surface area is 106 Å². The minimum absolute atomic E-state index is 0.483. The lowest BCUT2D eigenvalue weighted by Crippen LogP contribution is -1.74. The molecule has 0 spiro atoms. The topological polar surface area (TPSA) is 0 Å². The number of hydrogen-bond donors (Lipinski definition) is 0. The fraction of sp³-hybridized carbons (Fsp3) is 0. The van der Waals surface area contributed by atoms with E-state index in [9.17, 15) is 0 Å². The molecule has 2 heterocycles. The van der Waals surface area contributed by atoms with Crippen LogP contribution in [0.3, 0.4) is 0 Å². The average Bonchev–Trinajstić information content (AvgIpc) is 3.02. The lowest BCUT2D eigenvalue weighted by atomic mass is 10.1. The normalized spacial score (nSPS) is 12.2. The van der Waals surface area contributed by atoms with Gasteiger partial charge in [0.2, 0.25) is 0 Å². The Kier molecular flexibility index (Phi) is 2.07. The fourth-order valence-electron chi connectivity index (χ4n) is 1.53. The van der Waals surface area contributed by atoms with Crippen LogP contribution < -0.4 is 0 Å². The van der Waals surface area contributed by atoms with E-state index in [1.54, 1.807) is 34.8 Å². The molecule has 1 aromatic carbocycles. The summed E-state index contributed by atoms with van der Waals surface area (Å²) in [7, 11) is 0. The molecular weight excluding hydrogens is 232 g/mol. The highest BCUT2D eigenvalue weighted by atomic mass is 32.1. The van der Waals surface area contributed by atoms with E-state index in [0.29, 0.717) is 12.1 Å². The second-order valence-electron chi connectivity index (χ2n) is 3.36. The van der Waals surface area contributed by atoms with Gasteiger partial charge < -0.3 is 0 Å². The lowest BCUT2D eigenvalue weighted by molar-refractivity contribution is 1.69. The van der Waals surface area contributed by atoms with Crippen molar-refractivity contribution in [2.24, 2.45) is 0 Å². The zero-order valence-electron chi connectivity index (χ0n) is 10.4. The molecule has 0 saturated carbocycles. The van der Waals surface area contributed by atoms with E-state index in [4.69, 9.17) is 2.74 Å². The van der Waals surface area contributed by atoms with Crippen LogP contribution >= 0.6 is 22.7 Å². The highest BCUT2D eigenvalue weighted by molar-refractivity contribution is 7.13. The van der Waals surface area contributed by atoms with E-state index in [0.717, 1.165) is 20.9 Å². The van der Waals surface area contributed by atoms with Crippen molar-refractivity contribution >= 4 is 22.7 Å². The van der Waals surface area contributed by atoms with Crippen molar-refractivity contribution in [1.82, 2.24) is 0 Å². The van der Waals surface area contributed by atoms with Gasteiger partial charge in [0.25, 0.3) is 0 Å². The maximum absolute atomic E-state index is 8.11. The van der Waals surface area contributed by atoms with Crippen molar-refractivity contribution < 1.29 is 2.74 Å². The first-order valence-corrected chi connectivity index (χ1v) is 6.70. The Balaban J connectivity index is 2.15. The number of rotatable bonds is 2. The van der Waals surface area contributed by atoms with Crippen LogP contribution in [0.4, 0.5) is 0 Å². The first-order valence-electron chi connectivity index (χ1n) is 5.95. The SMILES string of the molecule is [2H]c1cc(-c2cccs2)c([2H])cc1-c1cccs1.